The Morgan fingerprint density at radius 1 is 1.21 bits per heavy atom. The Kier molecular flexibility index (Phi) is 5.03. The van der Waals surface area contributed by atoms with Gasteiger partial charge in [0.15, 0.2) is 5.75 Å². The summed E-state index contributed by atoms with van der Waals surface area (Å²) in [6.07, 6.45) is 4.91. The third kappa shape index (κ3) is 3.86. The summed E-state index contributed by atoms with van der Waals surface area (Å²) in [6.45, 7) is 3.97. The van der Waals surface area contributed by atoms with Crippen molar-refractivity contribution in [2.24, 2.45) is 17.0 Å². The lowest BCUT2D eigenvalue weighted by atomic mass is 9.77. The summed E-state index contributed by atoms with van der Waals surface area (Å²) < 4.78 is 0. The Labute approximate surface area is 115 Å². The van der Waals surface area contributed by atoms with E-state index in [9.17, 15) is 0 Å². The first-order valence-corrected chi connectivity index (χ1v) is 7.00. The van der Waals surface area contributed by atoms with Crippen molar-refractivity contribution in [1.82, 2.24) is 0 Å². The van der Waals surface area contributed by atoms with Gasteiger partial charge in [0.1, 0.15) is 0 Å². The molecular formula is C17H21NO. The van der Waals surface area contributed by atoms with E-state index in [1.165, 1.54) is 25.7 Å². The number of nitrogens with zero attached hydrogens (tertiary/aromatic N) is 1. The van der Waals surface area contributed by atoms with Crippen LogP contribution >= 0.6 is 0 Å². The normalized spacial score (nSPS) is 23.4. The molecule has 2 rings (SSSR count). The molecule has 0 heterocycles. The lowest BCUT2D eigenvalue weighted by Crippen LogP contribution is -2.25. The SMILES string of the molecule is CC#CC1CCCCC1/C(C)=N/Oc1ccccc1. The van der Waals surface area contributed by atoms with Crippen molar-refractivity contribution >= 4 is 5.71 Å². The predicted octanol–water partition coefficient (Wildman–Crippen LogP) is 4.27. The van der Waals surface area contributed by atoms with Crippen LogP contribution in [0.1, 0.15) is 39.5 Å². The van der Waals surface area contributed by atoms with Gasteiger partial charge in [-0.25, -0.2) is 0 Å². The van der Waals surface area contributed by atoms with Crippen molar-refractivity contribution < 1.29 is 4.84 Å². The highest BCUT2D eigenvalue weighted by Crippen LogP contribution is 2.30. The molecule has 0 bridgehead atoms. The molecule has 2 atom stereocenters. The smallest absolute Gasteiger partial charge is 0.157 e. The van der Waals surface area contributed by atoms with E-state index >= 15 is 0 Å². The molecule has 100 valence electrons. The molecule has 2 heteroatoms. The van der Waals surface area contributed by atoms with Crippen LogP contribution < -0.4 is 4.84 Å². The van der Waals surface area contributed by atoms with E-state index in [2.05, 4.69) is 23.9 Å². The highest BCUT2D eigenvalue weighted by Gasteiger charge is 2.26. The lowest BCUT2D eigenvalue weighted by molar-refractivity contribution is 0.318. The third-order valence-electron chi connectivity index (χ3n) is 3.67. The van der Waals surface area contributed by atoms with Gasteiger partial charge >= 0.3 is 0 Å². The summed E-state index contributed by atoms with van der Waals surface area (Å²) in [7, 11) is 0. The van der Waals surface area contributed by atoms with Crippen LogP contribution in [0.4, 0.5) is 0 Å². The van der Waals surface area contributed by atoms with Crippen molar-refractivity contribution in [2.45, 2.75) is 39.5 Å². The van der Waals surface area contributed by atoms with Gasteiger partial charge in [0.25, 0.3) is 0 Å². The van der Waals surface area contributed by atoms with E-state index in [4.69, 9.17) is 4.84 Å². The zero-order valence-electron chi connectivity index (χ0n) is 11.7. The number of hydrogen-bond donors (Lipinski definition) is 0. The molecule has 0 N–H and O–H groups in total. The molecule has 1 aliphatic rings. The average molecular weight is 255 g/mol. The van der Waals surface area contributed by atoms with Gasteiger partial charge in [-0.2, -0.15) is 0 Å². The molecule has 1 saturated carbocycles. The maximum atomic E-state index is 5.49. The van der Waals surface area contributed by atoms with Gasteiger partial charge in [0, 0.05) is 11.8 Å². The Bertz CT molecular complexity index is 481. The Morgan fingerprint density at radius 2 is 1.95 bits per heavy atom. The molecule has 0 aliphatic heterocycles. The van der Waals surface area contributed by atoms with Gasteiger partial charge in [-0.1, -0.05) is 42.1 Å². The van der Waals surface area contributed by atoms with Gasteiger partial charge in [-0.05, 0) is 38.8 Å². The summed E-state index contributed by atoms with van der Waals surface area (Å²) in [6, 6.07) is 9.71. The molecule has 2 nitrogen and oxygen atoms in total. The molecule has 2 unspecified atom stereocenters. The molecule has 1 fully saturated rings. The minimum absolute atomic E-state index is 0.446. The zero-order valence-corrected chi connectivity index (χ0v) is 11.7. The molecule has 1 aromatic carbocycles. The first-order chi connectivity index (χ1) is 9.31. The first kappa shape index (κ1) is 13.7. The number of oxime groups is 1. The minimum atomic E-state index is 0.446. The molecule has 1 aromatic rings. The Balaban J connectivity index is 2.03. The highest BCUT2D eigenvalue weighted by atomic mass is 16.6. The molecule has 19 heavy (non-hydrogen) atoms. The molecule has 0 saturated heterocycles. The van der Waals surface area contributed by atoms with Crippen LogP contribution in [-0.2, 0) is 0 Å². The fourth-order valence-corrected chi connectivity index (χ4v) is 2.66. The van der Waals surface area contributed by atoms with Gasteiger partial charge < -0.3 is 4.84 Å². The van der Waals surface area contributed by atoms with E-state index < -0.39 is 0 Å². The molecule has 0 amide bonds. The van der Waals surface area contributed by atoms with Crippen LogP contribution in [0, 0.1) is 23.7 Å². The second-order valence-electron chi connectivity index (χ2n) is 5.03. The number of rotatable bonds is 3. The quantitative estimate of drug-likeness (QED) is 0.449. The fourth-order valence-electron chi connectivity index (χ4n) is 2.66. The standard InChI is InChI=1S/C17H21NO/c1-3-9-15-10-7-8-13-17(15)14(2)18-19-16-11-5-4-6-12-16/h4-6,11-12,15,17H,7-8,10,13H2,1-2H3/b18-14+. The van der Waals surface area contributed by atoms with Crippen LogP contribution in [0.15, 0.2) is 35.5 Å². The largest absolute Gasteiger partial charge is 0.357 e. The van der Waals surface area contributed by atoms with E-state index in [-0.39, 0.29) is 0 Å². The van der Waals surface area contributed by atoms with Gasteiger partial charge in [-0.15, -0.1) is 5.92 Å². The summed E-state index contributed by atoms with van der Waals surface area (Å²) in [5, 5.41) is 4.30. The number of para-hydroxylation sites is 1. The average Bonchev–Trinajstić information content (AvgIpc) is 2.47. The van der Waals surface area contributed by atoms with Gasteiger partial charge in [-0.3, -0.25) is 0 Å². The third-order valence-corrected chi connectivity index (χ3v) is 3.67. The molecule has 0 aromatic heterocycles. The number of benzene rings is 1. The van der Waals surface area contributed by atoms with Crippen LogP contribution in [0.2, 0.25) is 0 Å². The molecule has 0 spiro atoms. The summed E-state index contributed by atoms with van der Waals surface area (Å²) in [4.78, 5) is 5.49. The van der Waals surface area contributed by atoms with Gasteiger partial charge in [0.05, 0.1) is 5.71 Å². The van der Waals surface area contributed by atoms with E-state index in [1.807, 2.05) is 37.3 Å². The monoisotopic (exact) mass is 255 g/mol. The number of hydrogen-bond acceptors (Lipinski definition) is 2. The predicted molar refractivity (Wildman–Crippen MR) is 79.1 cm³/mol. The summed E-state index contributed by atoms with van der Waals surface area (Å²) >= 11 is 0. The Morgan fingerprint density at radius 3 is 2.68 bits per heavy atom. The second-order valence-corrected chi connectivity index (χ2v) is 5.03. The molecule has 0 radical (unpaired) electrons. The minimum Gasteiger partial charge on any atom is -0.357 e. The molecular weight excluding hydrogens is 234 g/mol. The topological polar surface area (TPSA) is 21.6 Å². The van der Waals surface area contributed by atoms with Crippen molar-refractivity contribution in [3.05, 3.63) is 30.3 Å². The second kappa shape index (κ2) is 6.99. The van der Waals surface area contributed by atoms with Crippen LogP contribution in [-0.4, -0.2) is 5.71 Å². The maximum Gasteiger partial charge on any atom is 0.157 e. The summed E-state index contributed by atoms with van der Waals surface area (Å²) in [5.74, 6) is 8.06. The molecule has 1 aliphatic carbocycles. The van der Waals surface area contributed by atoms with Crippen molar-refractivity contribution in [3.8, 4) is 17.6 Å². The lowest BCUT2D eigenvalue weighted by Gasteiger charge is -2.27. The van der Waals surface area contributed by atoms with E-state index in [1.54, 1.807) is 0 Å². The van der Waals surface area contributed by atoms with Crippen LogP contribution in [0.3, 0.4) is 0 Å². The first-order valence-electron chi connectivity index (χ1n) is 7.00. The summed E-state index contributed by atoms with van der Waals surface area (Å²) in [5.41, 5.74) is 1.07. The highest BCUT2D eigenvalue weighted by molar-refractivity contribution is 5.84. The van der Waals surface area contributed by atoms with Crippen LogP contribution in [0.25, 0.3) is 0 Å². The fraction of sp³-hybridized carbons (Fsp3) is 0.471. The van der Waals surface area contributed by atoms with E-state index in [0.717, 1.165) is 11.5 Å². The maximum absolute atomic E-state index is 5.49. The Hall–Kier alpha value is -1.75. The van der Waals surface area contributed by atoms with Crippen molar-refractivity contribution in [1.29, 1.82) is 0 Å². The van der Waals surface area contributed by atoms with E-state index in [0.29, 0.717) is 11.8 Å². The van der Waals surface area contributed by atoms with Crippen molar-refractivity contribution in [2.75, 3.05) is 0 Å². The van der Waals surface area contributed by atoms with Crippen molar-refractivity contribution in [3.63, 3.8) is 0 Å². The van der Waals surface area contributed by atoms with Gasteiger partial charge in [0.2, 0.25) is 0 Å². The van der Waals surface area contributed by atoms with Crippen LogP contribution in [0.5, 0.6) is 5.75 Å². The zero-order chi connectivity index (χ0) is 13.5.